The molecule has 2 aromatic carbocycles. The number of aryl methyl sites for hydroxylation is 1. The van der Waals surface area contributed by atoms with E-state index in [4.69, 9.17) is 4.74 Å². The Morgan fingerprint density at radius 2 is 1.85 bits per heavy atom. The first-order valence-corrected chi connectivity index (χ1v) is 9.67. The molecule has 0 aliphatic heterocycles. The molecule has 1 aromatic heterocycles. The number of hydrogen-bond donors (Lipinski definition) is 0. The van der Waals surface area contributed by atoms with E-state index >= 15 is 0 Å². The predicted molar refractivity (Wildman–Crippen MR) is 102 cm³/mol. The normalized spacial score (nSPS) is 11.2. The van der Waals surface area contributed by atoms with E-state index in [1.807, 2.05) is 0 Å². The number of sulfonamides is 1. The highest BCUT2D eigenvalue weighted by Crippen LogP contribution is 2.29. The Bertz CT molecular complexity index is 1020. The standard InChI is InChI=1S/C20H19FN2O3S/c1-15-12-19(26-2)9-10-20(15)27(24,25)23(14-16-4-3-11-22-13-16)18-7-5-17(21)6-8-18/h3-13H,14H2,1-2H3. The molecule has 0 spiro atoms. The van der Waals surface area contributed by atoms with Crippen LogP contribution in [-0.2, 0) is 16.6 Å². The van der Waals surface area contributed by atoms with E-state index in [0.717, 1.165) is 5.56 Å². The van der Waals surface area contributed by atoms with Crippen LogP contribution in [0.1, 0.15) is 11.1 Å². The number of pyridine rings is 1. The lowest BCUT2D eigenvalue weighted by Crippen LogP contribution is -2.31. The molecule has 0 N–H and O–H groups in total. The second kappa shape index (κ2) is 7.75. The van der Waals surface area contributed by atoms with Gasteiger partial charge in [-0.1, -0.05) is 6.07 Å². The van der Waals surface area contributed by atoms with Gasteiger partial charge >= 0.3 is 0 Å². The van der Waals surface area contributed by atoms with Gasteiger partial charge in [0.25, 0.3) is 10.0 Å². The number of benzene rings is 2. The summed E-state index contributed by atoms with van der Waals surface area (Å²) < 4.78 is 46.6. The number of ether oxygens (including phenoxy) is 1. The largest absolute Gasteiger partial charge is 0.497 e. The van der Waals surface area contributed by atoms with Crippen LogP contribution < -0.4 is 9.04 Å². The van der Waals surface area contributed by atoms with Gasteiger partial charge in [-0.25, -0.2) is 12.8 Å². The summed E-state index contributed by atoms with van der Waals surface area (Å²) in [6.45, 7) is 1.79. The van der Waals surface area contributed by atoms with Gasteiger partial charge in [-0.15, -0.1) is 0 Å². The Labute approximate surface area is 158 Å². The molecule has 0 unspecified atom stereocenters. The molecule has 140 valence electrons. The fraction of sp³-hybridized carbons (Fsp3) is 0.150. The van der Waals surface area contributed by atoms with Crippen LogP contribution in [0.5, 0.6) is 5.75 Å². The van der Waals surface area contributed by atoms with Crippen LogP contribution in [0, 0.1) is 12.7 Å². The molecule has 0 atom stereocenters. The molecule has 1 heterocycles. The Morgan fingerprint density at radius 3 is 2.44 bits per heavy atom. The monoisotopic (exact) mass is 386 g/mol. The van der Waals surface area contributed by atoms with Crippen molar-refractivity contribution in [2.24, 2.45) is 0 Å². The van der Waals surface area contributed by atoms with Gasteiger partial charge in [0.2, 0.25) is 0 Å². The number of halogens is 1. The molecule has 0 saturated carbocycles. The van der Waals surface area contributed by atoms with Crippen LogP contribution in [0.25, 0.3) is 0 Å². The molecule has 3 aromatic rings. The van der Waals surface area contributed by atoms with Crippen molar-refractivity contribution in [3.63, 3.8) is 0 Å². The summed E-state index contributed by atoms with van der Waals surface area (Å²) in [4.78, 5) is 4.21. The van der Waals surface area contributed by atoms with Crippen LogP contribution in [0.4, 0.5) is 10.1 Å². The fourth-order valence-corrected chi connectivity index (χ4v) is 4.40. The summed E-state index contributed by atoms with van der Waals surface area (Å²) >= 11 is 0. The molecular weight excluding hydrogens is 367 g/mol. The van der Waals surface area contributed by atoms with Crippen LogP contribution in [0.3, 0.4) is 0 Å². The number of aromatic nitrogens is 1. The van der Waals surface area contributed by atoms with Crippen LogP contribution in [0.15, 0.2) is 71.9 Å². The minimum atomic E-state index is -3.89. The van der Waals surface area contributed by atoms with E-state index in [2.05, 4.69) is 4.98 Å². The Kier molecular flexibility index (Phi) is 5.41. The molecule has 0 amide bonds. The smallest absolute Gasteiger partial charge is 0.264 e. The van der Waals surface area contributed by atoms with E-state index < -0.39 is 15.8 Å². The molecule has 0 bridgehead atoms. The van der Waals surface area contributed by atoms with Crippen molar-refractivity contribution in [2.75, 3.05) is 11.4 Å². The summed E-state index contributed by atoms with van der Waals surface area (Å²) in [6.07, 6.45) is 3.22. The van der Waals surface area contributed by atoms with Crippen molar-refractivity contribution in [1.29, 1.82) is 0 Å². The highest BCUT2D eigenvalue weighted by Gasteiger charge is 2.27. The average Bonchev–Trinajstić information content (AvgIpc) is 2.67. The van der Waals surface area contributed by atoms with Crippen LogP contribution >= 0.6 is 0 Å². The molecule has 0 fully saturated rings. The van der Waals surface area contributed by atoms with Crippen molar-refractivity contribution >= 4 is 15.7 Å². The van der Waals surface area contributed by atoms with Crippen molar-refractivity contribution in [3.8, 4) is 5.75 Å². The van der Waals surface area contributed by atoms with Crippen LogP contribution in [-0.4, -0.2) is 20.5 Å². The van der Waals surface area contributed by atoms with Gasteiger partial charge < -0.3 is 4.74 Å². The second-order valence-corrected chi connectivity index (χ2v) is 7.81. The highest BCUT2D eigenvalue weighted by atomic mass is 32.2. The van der Waals surface area contributed by atoms with Gasteiger partial charge in [-0.3, -0.25) is 9.29 Å². The lowest BCUT2D eigenvalue weighted by molar-refractivity contribution is 0.414. The average molecular weight is 386 g/mol. The van der Waals surface area contributed by atoms with Gasteiger partial charge in [-0.2, -0.15) is 0 Å². The minimum Gasteiger partial charge on any atom is -0.497 e. The maximum absolute atomic E-state index is 13.4. The van der Waals surface area contributed by atoms with Crippen molar-refractivity contribution in [3.05, 3.63) is 83.9 Å². The van der Waals surface area contributed by atoms with Gasteiger partial charge in [0.15, 0.2) is 0 Å². The van der Waals surface area contributed by atoms with E-state index in [-0.39, 0.29) is 11.4 Å². The zero-order chi connectivity index (χ0) is 19.4. The zero-order valence-corrected chi connectivity index (χ0v) is 15.8. The summed E-state index contributed by atoms with van der Waals surface area (Å²) in [5, 5.41) is 0. The molecule has 0 radical (unpaired) electrons. The third-order valence-electron chi connectivity index (χ3n) is 4.11. The molecule has 3 rings (SSSR count). The highest BCUT2D eigenvalue weighted by molar-refractivity contribution is 7.92. The van der Waals surface area contributed by atoms with Gasteiger partial charge in [0.1, 0.15) is 11.6 Å². The van der Waals surface area contributed by atoms with Gasteiger partial charge in [0, 0.05) is 12.4 Å². The van der Waals surface area contributed by atoms with Crippen molar-refractivity contribution in [2.45, 2.75) is 18.4 Å². The lowest BCUT2D eigenvalue weighted by atomic mass is 10.2. The lowest BCUT2D eigenvalue weighted by Gasteiger charge is -2.25. The minimum absolute atomic E-state index is 0.0767. The third kappa shape index (κ3) is 4.09. The quantitative estimate of drug-likeness (QED) is 0.644. The predicted octanol–water partition coefficient (Wildman–Crippen LogP) is 3.93. The van der Waals surface area contributed by atoms with E-state index in [0.29, 0.717) is 17.0 Å². The van der Waals surface area contributed by atoms with E-state index in [9.17, 15) is 12.8 Å². The summed E-state index contributed by atoms with van der Waals surface area (Å²) in [6, 6.07) is 13.7. The summed E-state index contributed by atoms with van der Waals surface area (Å²) in [5.41, 5.74) is 1.65. The molecule has 5 nitrogen and oxygen atoms in total. The molecule has 0 aliphatic carbocycles. The van der Waals surface area contributed by atoms with Crippen molar-refractivity contribution in [1.82, 2.24) is 4.98 Å². The van der Waals surface area contributed by atoms with Crippen LogP contribution in [0.2, 0.25) is 0 Å². The SMILES string of the molecule is COc1ccc(S(=O)(=O)N(Cc2cccnc2)c2ccc(F)cc2)c(C)c1. The topological polar surface area (TPSA) is 59.5 Å². The first-order valence-electron chi connectivity index (χ1n) is 8.23. The molecular formula is C20H19FN2O3S. The maximum Gasteiger partial charge on any atom is 0.264 e. The van der Waals surface area contributed by atoms with Crippen molar-refractivity contribution < 1.29 is 17.5 Å². The second-order valence-electron chi connectivity index (χ2n) is 5.98. The Balaban J connectivity index is 2.09. The maximum atomic E-state index is 13.4. The first kappa shape index (κ1) is 18.8. The van der Waals surface area contributed by atoms with Gasteiger partial charge in [0.05, 0.1) is 24.2 Å². The molecule has 0 saturated heterocycles. The molecule has 0 aliphatic rings. The number of methoxy groups -OCH3 is 1. The fourth-order valence-electron chi connectivity index (χ4n) is 2.74. The number of rotatable bonds is 6. The van der Waals surface area contributed by atoms with Gasteiger partial charge in [-0.05, 0) is 66.6 Å². The Hall–Kier alpha value is -2.93. The van der Waals surface area contributed by atoms with E-state index in [1.165, 1.54) is 41.7 Å². The summed E-state index contributed by atoms with van der Waals surface area (Å²) in [5.74, 6) is 0.144. The third-order valence-corrected chi connectivity index (χ3v) is 6.05. The zero-order valence-electron chi connectivity index (χ0n) is 15.0. The first-order chi connectivity index (χ1) is 12.9. The molecule has 7 heteroatoms. The Morgan fingerprint density at radius 1 is 1.11 bits per heavy atom. The number of nitrogens with zero attached hydrogens (tertiary/aromatic N) is 2. The number of anilines is 1. The summed E-state index contributed by atoms with van der Waals surface area (Å²) in [7, 11) is -2.37. The molecule has 27 heavy (non-hydrogen) atoms. The number of hydrogen-bond acceptors (Lipinski definition) is 4. The van der Waals surface area contributed by atoms with E-state index in [1.54, 1.807) is 43.6 Å².